The number of nitrogens with zero attached hydrogens (tertiary/aromatic N) is 2. The van der Waals surface area contributed by atoms with Gasteiger partial charge >= 0.3 is 5.97 Å². The summed E-state index contributed by atoms with van der Waals surface area (Å²) < 4.78 is 4.81. The van der Waals surface area contributed by atoms with Gasteiger partial charge in [0.05, 0.1) is 21.8 Å². The van der Waals surface area contributed by atoms with Crippen molar-refractivity contribution in [1.82, 2.24) is 0 Å². The first kappa shape index (κ1) is 15.3. The van der Waals surface area contributed by atoms with Crippen LogP contribution in [-0.2, 0) is 9.53 Å². The molecule has 0 radical (unpaired) electrons. The van der Waals surface area contributed by atoms with E-state index in [1.165, 1.54) is 19.1 Å². The quantitative estimate of drug-likeness (QED) is 0.342. The third-order valence-electron chi connectivity index (χ3n) is 2.59. The fraction of sp³-hybridized carbons (Fsp3) is 0.250. The van der Waals surface area contributed by atoms with Gasteiger partial charge in [0.1, 0.15) is 6.61 Å². The summed E-state index contributed by atoms with van der Waals surface area (Å²) in [5.74, 6) is -1.57. The van der Waals surface area contributed by atoms with E-state index >= 15 is 0 Å². The Labute approximate surface area is 114 Å². The number of carbonyl (C=O) groups excluding carboxylic acids is 1. The molecule has 0 saturated heterocycles. The summed E-state index contributed by atoms with van der Waals surface area (Å²) in [6, 6.07) is 3.13. The molecule has 0 spiro atoms. The minimum absolute atomic E-state index is 0.00997. The molecule has 106 valence electrons. The number of hydrogen-bond donors (Lipinski definition) is 0. The van der Waals surface area contributed by atoms with Gasteiger partial charge in [0.25, 0.3) is 11.4 Å². The van der Waals surface area contributed by atoms with Crippen LogP contribution in [0.3, 0.4) is 0 Å². The number of hydrogen-bond acceptors (Lipinski definition) is 6. The highest BCUT2D eigenvalue weighted by atomic mass is 16.6. The molecule has 0 saturated carbocycles. The molecule has 1 rings (SSSR count). The summed E-state index contributed by atoms with van der Waals surface area (Å²) in [5, 5.41) is 21.6. The van der Waals surface area contributed by atoms with Gasteiger partial charge in [-0.3, -0.25) is 25.0 Å². The predicted molar refractivity (Wildman–Crippen MR) is 69.3 cm³/mol. The topological polar surface area (TPSA) is 113 Å². The summed E-state index contributed by atoms with van der Waals surface area (Å²) in [4.78, 5) is 31.7. The first-order valence-electron chi connectivity index (χ1n) is 5.58. The van der Waals surface area contributed by atoms with E-state index in [2.05, 4.69) is 6.58 Å². The van der Waals surface area contributed by atoms with E-state index in [4.69, 9.17) is 4.74 Å². The van der Waals surface area contributed by atoms with Crippen LogP contribution in [0.1, 0.15) is 18.4 Å². The number of esters is 1. The average Bonchev–Trinajstić information content (AvgIpc) is 2.42. The summed E-state index contributed by atoms with van der Waals surface area (Å²) in [6.45, 7) is 4.80. The van der Waals surface area contributed by atoms with Crippen LogP contribution in [0.5, 0.6) is 0 Å². The first-order chi connectivity index (χ1) is 9.38. The van der Waals surface area contributed by atoms with Crippen molar-refractivity contribution >= 4 is 17.3 Å². The van der Waals surface area contributed by atoms with Crippen molar-refractivity contribution in [3.8, 4) is 0 Å². The van der Waals surface area contributed by atoms with Crippen molar-refractivity contribution < 1.29 is 19.4 Å². The smallest absolute Gasteiger partial charge is 0.313 e. The Morgan fingerprint density at radius 3 is 2.55 bits per heavy atom. The molecule has 0 N–H and O–H groups in total. The lowest BCUT2D eigenvalue weighted by Crippen LogP contribution is -2.14. The number of rotatable bonds is 6. The van der Waals surface area contributed by atoms with E-state index in [1.807, 2.05) is 0 Å². The SMILES string of the molecule is C=CCOC(=O)C(C)c1ccc([N+](=O)[O-])cc1[N+](=O)[O-]. The largest absolute Gasteiger partial charge is 0.461 e. The van der Waals surface area contributed by atoms with Gasteiger partial charge in [-0.2, -0.15) is 0 Å². The Bertz CT molecular complexity index is 569. The predicted octanol–water partition coefficient (Wildman–Crippen LogP) is 2.34. The van der Waals surface area contributed by atoms with E-state index < -0.39 is 33.1 Å². The van der Waals surface area contributed by atoms with Crippen LogP contribution in [0, 0.1) is 20.2 Å². The molecule has 20 heavy (non-hydrogen) atoms. The lowest BCUT2D eigenvalue weighted by atomic mass is 9.99. The van der Waals surface area contributed by atoms with Crippen molar-refractivity contribution in [1.29, 1.82) is 0 Å². The molecule has 8 nitrogen and oxygen atoms in total. The summed E-state index contributed by atoms with van der Waals surface area (Å²) in [5.41, 5.74) is -0.830. The molecule has 0 aromatic heterocycles. The van der Waals surface area contributed by atoms with Crippen molar-refractivity contribution in [2.45, 2.75) is 12.8 Å². The lowest BCUT2D eigenvalue weighted by molar-refractivity contribution is -0.394. The molecule has 0 fully saturated rings. The molecule has 0 heterocycles. The number of nitro groups is 2. The van der Waals surface area contributed by atoms with Crippen LogP contribution < -0.4 is 0 Å². The van der Waals surface area contributed by atoms with Crippen LogP contribution in [0.2, 0.25) is 0 Å². The zero-order valence-electron chi connectivity index (χ0n) is 10.6. The first-order valence-corrected chi connectivity index (χ1v) is 5.58. The number of non-ortho nitro benzene ring substituents is 1. The molecular weight excluding hydrogens is 268 g/mol. The number of nitro benzene ring substituents is 2. The van der Waals surface area contributed by atoms with Crippen molar-refractivity contribution in [2.75, 3.05) is 6.61 Å². The Balaban J connectivity index is 3.16. The minimum Gasteiger partial charge on any atom is -0.461 e. The Morgan fingerprint density at radius 1 is 1.40 bits per heavy atom. The fourth-order valence-electron chi connectivity index (χ4n) is 1.56. The van der Waals surface area contributed by atoms with Crippen LogP contribution in [0.25, 0.3) is 0 Å². The molecule has 1 atom stereocenters. The number of carbonyl (C=O) groups is 1. The van der Waals surface area contributed by atoms with Crippen molar-refractivity contribution in [3.05, 3.63) is 56.6 Å². The highest BCUT2D eigenvalue weighted by Gasteiger charge is 2.27. The van der Waals surface area contributed by atoms with Gasteiger partial charge in [0, 0.05) is 11.6 Å². The van der Waals surface area contributed by atoms with Crippen LogP contribution in [0.4, 0.5) is 11.4 Å². The summed E-state index contributed by atoms with van der Waals surface area (Å²) >= 11 is 0. The lowest BCUT2D eigenvalue weighted by Gasteiger charge is -2.11. The molecule has 1 aromatic carbocycles. The summed E-state index contributed by atoms with van der Waals surface area (Å²) in [7, 11) is 0. The standard InChI is InChI=1S/C12H12N2O6/c1-3-6-20-12(15)8(2)10-5-4-9(13(16)17)7-11(10)14(18)19/h3-5,7-8H,1,6H2,2H3. The van der Waals surface area contributed by atoms with Crippen LogP contribution in [-0.4, -0.2) is 22.4 Å². The zero-order valence-corrected chi connectivity index (χ0v) is 10.6. The van der Waals surface area contributed by atoms with E-state index in [0.29, 0.717) is 0 Å². The van der Waals surface area contributed by atoms with Gasteiger partial charge < -0.3 is 4.74 Å². The van der Waals surface area contributed by atoms with Gasteiger partial charge in [-0.05, 0) is 13.0 Å². The zero-order chi connectivity index (χ0) is 15.3. The summed E-state index contributed by atoms with van der Waals surface area (Å²) in [6.07, 6.45) is 1.37. The van der Waals surface area contributed by atoms with E-state index in [1.54, 1.807) is 0 Å². The Kier molecular flexibility index (Phi) is 4.90. The Hall–Kier alpha value is -2.77. The van der Waals surface area contributed by atoms with Gasteiger partial charge in [-0.25, -0.2) is 0 Å². The average molecular weight is 280 g/mol. The second-order valence-corrected chi connectivity index (χ2v) is 3.90. The highest BCUT2D eigenvalue weighted by Crippen LogP contribution is 2.30. The van der Waals surface area contributed by atoms with Crippen LogP contribution >= 0.6 is 0 Å². The maximum atomic E-state index is 11.7. The molecule has 0 aliphatic heterocycles. The second-order valence-electron chi connectivity index (χ2n) is 3.90. The molecule has 8 heteroatoms. The molecule has 1 aromatic rings. The van der Waals surface area contributed by atoms with Gasteiger partial charge in [-0.15, -0.1) is 0 Å². The molecule has 0 aliphatic rings. The monoisotopic (exact) mass is 280 g/mol. The van der Waals surface area contributed by atoms with E-state index in [0.717, 1.165) is 12.1 Å². The van der Waals surface area contributed by atoms with Crippen LogP contribution in [0.15, 0.2) is 30.9 Å². The fourth-order valence-corrected chi connectivity index (χ4v) is 1.56. The van der Waals surface area contributed by atoms with Gasteiger partial charge in [0.2, 0.25) is 0 Å². The van der Waals surface area contributed by atoms with E-state index in [9.17, 15) is 25.0 Å². The third-order valence-corrected chi connectivity index (χ3v) is 2.59. The normalized spacial score (nSPS) is 11.4. The number of benzene rings is 1. The Morgan fingerprint density at radius 2 is 2.05 bits per heavy atom. The molecule has 0 bridgehead atoms. The van der Waals surface area contributed by atoms with Crippen molar-refractivity contribution in [3.63, 3.8) is 0 Å². The van der Waals surface area contributed by atoms with Crippen molar-refractivity contribution in [2.24, 2.45) is 0 Å². The maximum absolute atomic E-state index is 11.7. The van der Waals surface area contributed by atoms with Gasteiger partial charge in [-0.1, -0.05) is 12.7 Å². The second kappa shape index (κ2) is 6.41. The highest BCUT2D eigenvalue weighted by molar-refractivity contribution is 5.79. The van der Waals surface area contributed by atoms with E-state index in [-0.39, 0.29) is 12.2 Å². The van der Waals surface area contributed by atoms with Gasteiger partial charge in [0.15, 0.2) is 0 Å². The number of ether oxygens (including phenoxy) is 1. The third kappa shape index (κ3) is 3.37. The molecular formula is C12H12N2O6. The molecule has 0 amide bonds. The molecule has 0 aliphatic carbocycles. The molecule has 1 unspecified atom stereocenters. The minimum atomic E-state index is -0.906. The maximum Gasteiger partial charge on any atom is 0.313 e.